The molecule has 0 amide bonds. The topological polar surface area (TPSA) is 93.1 Å². The van der Waals surface area contributed by atoms with Crippen molar-refractivity contribution in [1.82, 2.24) is 9.97 Å². The predicted molar refractivity (Wildman–Crippen MR) is 69.5 cm³/mol. The zero-order valence-corrected chi connectivity index (χ0v) is 10.3. The van der Waals surface area contributed by atoms with Gasteiger partial charge in [-0.1, -0.05) is 0 Å². The first-order valence-electron chi connectivity index (χ1n) is 5.98. The van der Waals surface area contributed by atoms with Crippen LogP contribution in [-0.4, -0.2) is 22.6 Å². The largest absolute Gasteiger partial charge is 0.368 e. The van der Waals surface area contributed by atoms with Crippen molar-refractivity contribution in [2.45, 2.75) is 32.7 Å². The van der Waals surface area contributed by atoms with E-state index in [-0.39, 0.29) is 5.95 Å². The van der Waals surface area contributed by atoms with Gasteiger partial charge in [-0.3, -0.25) is 0 Å². The fourth-order valence-corrected chi connectivity index (χ4v) is 1.82. The average molecular weight is 236 g/mol. The van der Waals surface area contributed by atoms with Crippen LogP contribution in [0.5, 0.6) is 0 Å². The third kappa shape index (κ3) is 2.97. The molecule has 1 aliphatic carbocycles. The monoisotopic (exact) mass is 236 g/mol. The molecule has 1 heterocycles. The van der Waals surface area contributed by atoms with Gasteiger partial charge in [0.1, 0.15) is 11.6 Å². The molecule has 0 radical (unpaired) electrons. The smallest absolute Gasteiger partial charge is 0.223 e. The van der Waals surface area contributed by atoms with Crippen molar-refractivity contribution in [3.63, 3.8) is 0 Å². The first-order valence-corrected chi connectivity index (χ1v) is 5.98. The van der Waals surface area contributed by atoms with Gasteiger partial charge in [0.05, 0.1) is 0 Å². The molecule has 0 aromatic carbocycles. The molecule has 0 bridgehead atoms. The number of anilines is 3. The molecule has 0 spiro atoms. The van der Waals surface area contributed by atoms with E-state index in [2.05, 4.69) is 34.1 Å². The number of nitrogens with two attached hydrogens (primary N) is 2. The maximum Gasteiger partial charge on any atom is 0.223 e. The number of nitrogens with one attached hydrogen (secondary N) is 1. The van der Waals surface area contributed by atoms with Crippen LogP contribution in [0.3, 0.4) is 0 Å². The van der Waals surface area contributed by atoms with Crippen molar-refractivity contribution in [2.75, 3.05) is 22.6 Å². The molecule has 6 nitrogen and oxygen atoms in total. The number of hydrogen-bond acceptors (Lipinski definition) is 6. The molecule has 1 aromatic heterocycles. The van der Waals surface area contributed by atoms with Crippen LogP contribution in [0.2, 0.25) is 0 Å². The number of hydrazine groups is 1. The second-order valence-electron chi connectivity index (χ2n) is 4.80. The van der Waals surface area contributed by atoms with E-state index in [1.54, 1.807) is 0 Å². The summed E-state index contributed by atoms with van der Waals surface area (Å²) in [4.78, 5) is 10.5. The molecule has 5 N–H and O–H groups in total. The van der Waals surface area contributed by atoms with E-state index in [1.807, 2.05) is 6.07 Å². The van der Waals surface area contributed by atoms with Crippen molar-refractivity contribution in [1.29, 1.82) is 0 Å². The minimum Gasteiger partial charge on any atom is -0.368 e. The molecule has 0 atom stereocenters. The minimum absolute atomic E-state index is 0.247. The Bertz CT molecular complexity index is 388. The van der Waals surface area contributed by atoms with Crippen molar-refractivity contribution in [2.24, 2.45) is 11.8 Å². The standard InChI is InChI=1S/C11H20N6/c1-7(2)17(6-8-3-4-8)10-5-9(16-13)14-11(12)15-10/h5,7-8H,3-4,6,13H2,1-2H3,(H3,12,14,15,16). The third-order valence-electron chi connectivity index (χ3n) is 2.95. The van der Waals surface area contributed by atoms with Gasteiger partial charge in [0.2, 0.25) is 5.95 Å². The van der Waals surface area contributed by atoms with E-state index in [1.165, 1.54) is 12.8 Å². The Morgan fingerprint density at radius 2 is 2.18 bits per heavy atom. The van der Waals surface area contributed by atoms with Gasteiger partial charge in [-0.2, -0.15) is 9.97 Å². The van der Waals surface area contributed by atoms with Crippen molar-refractivity contribution >= 4 is 17.6 Å². The zero-order chi connectivity index (χ0) is 12.4. The average Bonchev–Trinajstić information content (AvgIpc) is 3.08. The Morgan fingerprint density at radius 1 is 1.47 bits per heavy atom. The molecule has 0 unspecified atom stereocenters. The molecule has 1 aromatic rings. The molecule has 1 aliphatic rings. The number of aromatic nitrogens is 2. The van der Waals surface area contributed by atoms with Gasteiger partial charge in [-0.15, -0.1) is 0 Å². The molecule has 1 saturated carbocycles. The zero-order valence-electron chi connectivity index (χ0n) is 10.3. The lowest BCUT2D eigenvalue weighted by Gasteiger charge is -2.28. The molecule has 0 saturated heterocycles. The van der Waals surface area contributed by atoms with Crippen LogP contribution in [0.4, 0.5) is 17.6 Å². The van der Waals surface area contributed by atoms with E-state index in [0.717, 1.165) is 18.3 Å². The van der Waals surface area contributed by atoms with Gasteiger partial charge in [0.15, 0.2) is 0 Å². The van der Waals surface area contributed by atoms with Gasteiger partial charge in [0, 0.05) is 18.7 Å². The van der Waals surface area contributed by atoms with Crippen molar-refractivity contribution < 1.29 is 0 Å². The highest BCUT2D eigenvalue weighted by Gasteiger charge is 2.26. The van der Waals surface area contributed by atoms with E-state index in [9.17, 15) is 0 Å². The lowest BCUT2D eigenvalue weighted by molar-refractivity contribution is 0.636. The molecular formula is C11H20N6. The highest BCUT2D eigenvalue weighted by Crippen LogP contribution is 2.32. The predicted octanol–water partition coefficient (Wildman–Crippen LogP) is 0.969. The molecule has 1 fully saturated rings. The molecule has 2 rings (SSSR count). The summed E-state index contributed by atoms with van der Waals surface area (Å²) >= 11 is 0. The van der Waals surface area contributed by atoms with Gasteiger partial charge in [-0.05, 0) is 32.6 Å². The number of hydrogen-bond donors (Lipinski definition) is 3. The fourth-order valence-electron chi connectivity index (χ4n) is 1.82. The van der Waals surface area contributed by atoms with Crippen LogP contribution in [0.25, 0.3) is 0 Å². The molecule has 17 heavy (non-hydrogen) atoms. The van der Waals surface area contributed by atoms with Gasteiger partial charge < -0.3 is 16.1 Å². The lowest BCUT2D eigenvalue weighted by Crippen LogP contribution is -2.33. The normalized spacial score (nSPS) is 15.1. The Morgan fingerprint density at radius 3 is 2.71 bits per heavy atom. The van der Waals surface area contributed by atoms with E-state index in [0.29, 0.717) is 11.9 Å². The Kier molecular flexibility index (Phi) is 3.33. The summed E-state index contributed by atoms with van der Waals surface area (Å²) in [7, 11) is 0. The summed E-state index contributed by atoms with van der Waals surface area (Å²) in [5.74, 6) is 7.79. The Labute approximate surface area is 101 Å². The first kappa shape index (κ1) is 11.9. The van der Waals surface area contributed by atoms with Gasteiger partial charge >= 0.3 is 0 Å². The minimum atomic E-state index is 0.247. The van der Waals surface area contributed by atoms with E-state index < -0.39 is 0 Å². The summed E-state index contributed by atoms with van der Waals surface area (Å²) in [6.07, 6.45) is 2.62. The molecule has 0 aliphatic heterocycles. The SMILES string of the molecule is CC(C)N(CC1CC1)c1cc(NN)nc(N)n1. The lowest BCUT2D eigenvalue weighted by atomic mass is 10.2. The fraction of sp³-hybridized carbons (Fsp3) is 0.636. The van der Waals surface area contributed by atoms with E-state index >= 15 is 0 Å². The Balaban J connectivity index is 2.23. The van der Waals surface area contributed by atoms with Crippen molar-refractivity contribution in [3.05, 3.63) is 6.07 Å². The number of nitrogen functional groups attached to an aromatic ring is 2. The maximum atomic E-state index is 5.67. The number of nitrogens with zero attached hydrogens (tertiary/aromatic N) is 3. The van der Waals surface area contributed by atoms with Crippen LogP contribution >= 0.6 is 0 Å². The van der Waals surface area contributed by atoms with Crippen LogP contribution in [0.1, 0.15) is 26.7 Å². The molecule has 6 heteroatoms. The summed E-state index contributed by atoms with van der Waals surface area (Å²) in [6, 6.07) is 2.22. The molecular weight excluding hydrogens is 216 g/mol. The van der Waals surface area contributed by atoms with Crippen LogP contribution < -0.4 is 21.9 Å². The summed E-state index contributed by atoms with van der Waals surface area (Å²) in [5.41, 5.74) is 8.19. The second-order valence-corrected chi connectivity index (χ2v) is 4.80. The highest BCUT2D eigenvalue weighted by atomic mass is 15.3. The summed E-state index contributed by atoms with van der Waals surface area (Å²) < 4.78 is 0. The van der Waals surface area contributed by atoms with Crippen molar-refractivity contribution in [3.8, 4) is 0 Å². The quantitative estimate of drug-likeness (QED) is 0.521. The summed E-state index contributed by atoms with van der Waals surface area (Å²) in [6.45, 7) is 5.32. The second kappa shape index (κ2) is 4.75. The van der Waals surface area contributed by atoms with Crippen LogP contribution in [-0.2, 0) is 0 Å². The number of rotatable bonds is 5. The molecule has 94 valence electrons. The van der Waals surface area contributed by atoms with Gasteiger partial charge in [0.25, 0.3) is 0 Å². The maximum absolute atomic E-state index is 5.67. The Hall–Kier alpha value is -1.56. The highest BCUT2D eigenvalue weighted by molar-refractivity contribution is 5.52. The van der Waals surface area contributed by atoms with Crippen LogP contribution in [0.15, 0.2) is 6.07 Å². The first-order chi connectivity index (χ1) is 8.10. The summed E-state index contributed by atoms with van der Waals surface area (Å²) in [5, 5.41) is 0. The van der Waals surface area contributed by atoms with Crippen LogP contribution in [0, 0.1) is 5.92 Å². The van der Waals surface area contributed by atoms with Gasteiger partial charge in [-0.25, -0.2) is 5.84 Å². The third-order valence-corrected chi connectivity index (χ3v) is 2.95. The van der Waals surface area contributed by atoms with E-state index in [4.69, 9.17) is 11.6 Å².